The molecule has 0 spiro atoms. The van der Waals surface area contributed by atoms with Crippen LogP contribution in [-0.2, 0) is 26.2 Å². The maximum atomic E-state index is 8.25. The van der Waals surface area contributed by atoms with Gasteiger partial charge in [-0.3, -0.25) is 0 Å². The summed E-state index contributed by atoms with van der Waals surface area (Å²) in [6.45, 7) is 0. The van der Waals surface area contributed by atoms with Gasteiger partial charge in [0.05, 0.1) is 20.3 Å². The second kappa shape index (κ2) is 36.1. The van der Waals surface area contributed by atoms with Crippen LogP contribution in [0, 0.1) is 61.3 Å². The molecule has 0 aromatic carbocycles. The van der Waals surface area contributed by atoms with E-state index in [0.717, 1.165) is 0 Å². The first-order chi connectivity index (χ1) is 6.93. The van der Waals surface area contributed by atoms with Gasteiger partial charge in [-0.15, -0.1) is 0 Å². The first kappa shape index (κ1) is 42.8. The normalized spacial score (nSPS) is 5.05. The first-order valence-corrected chi connectivity index (χ1v) is 2.19. The molecule has 0 bridgehead atoms. The van der Waals surface area contributed by atoms with Crippen LogP contribution in [0.3, 0.4) is 0 Å². The Kier molecular flexibility index (Phi) is 81.2. The van der Waals surface area contributed by atoms with E-state index in [0.29, 0.717) is 0 Å². The van der Waals surface area contributed by atoms with E-state index in [9.17, 15) is 0 Å². The predicted molar refractivity (Wildman–Crippen MR) is 57.4 cm³/mol. The van der Waals surface area contributed by atoms with Crippen LogP contribution in [0.15, 0.2) is 0 Å². The molecule has 0 heterocycles. The second-order valence-corrected chi connectivity index (χ2v) is 0.894. The first-order valence-electron chi connectivity index (χ1n) is 2.19. The Morgan fingerprint density at radius 2 is 0.526 bits per heavy atom. The number of hydrogen-bond donors (Lipinski definition) is 0. The Morgan fingerprint density at radius 1 is 0.526 bits per heavy atom. The van der Waals surface area contributed by atoms with Gasteiger partial charge in [0.25, 0.3) is 0 Å². The molecule has 0 fully saturated rings. The standard InChI is InChI=1S/Ca.Mg.4NO3.Zr.4H/c;;4*2-1(3)4;;;;;/q2*+2;4*-1;+4;4*-1. The number of nitrogens with zero attached hydrogens (tertiary/aromatic N) is 4. The minimum Gasteiger partial charge on any atom is -1.00 e. The fraction of sp³-hybridized carbons (Fsp3) is 0. The maximum absolute atomic E-state index is 8.25. The molecule has 0 N–H and O–H groups in total. The van der Waals surface area contributed by atoms with E-state index in [4.69, 9.17) is 61.3 Å². The van der Waals surface area contributed by atoms with Crippen molar-refractivity contribution in [2.24, 2.45) is 0 Å². The topological polar surface area (TPSA) is 265 Å². The van der Waals surface area contributed by atoms with E-state index in [1.54, 1.807) is 0 Å². The Hall–Kier alpha value is -0.291. The second-order valence-electron chi connectivity index (χ2n) is 0.894. The van der Waals surface area contributed by atoms with E-state index in [1.807, 2.05) is 0 Å². The van der Waals surface area contributed by atoms with Crippen molar-refractivity contribution in [3.8, 4) is 0 Å². The molecule has 0 rings (SSSR count). The van der Waals surface area contributed by atoms with E-state index < -0.39 is 20.3 Å². The molecule has 0 aromatic heterocycles. The fourth-order valence-electron chi connectivity index (χ4n) is 0. The van der Waals surface area contributed by atoms with Gasteiger partial charge in [-0.05, 0) is 0 Å². The van der Waals surface area contributed by atoms with Gasteiger partial charge in [0, 0.05) is 0 Å². The zero-order valence-electron chi connectivity index (χ0n) is 12.6. The van der Waals surface area contributed by atoms with Crippen molar-refractivity contribution in [3.63, 3.8) is 0 Å². The Bertz CT molecular complexity index is 185. The summed E-state index contributed by atoms with van der Waals surface area (Å²) in [7, 11) is 0. The molecular weight excluding hydrogens is 404 g/mol. The molecule has 0 saturated carbocycles. The van der Waals surface area contributed by atoms with E-state index >= 15 is 0 Å². The van der Waals surface area contributed by atoms with Crippen LogP contribution < -0.4 is 0 Å². The quantitative estimate of drug-likeness (QED) is 0.258. The molecule has 19 heteroatoms. The molecule has 19 heavy (non-hydrogen) atoms. The molecule has 0 radical (unpaired) electrons. The van der Waals surface area contributed by atoms with Crippen molar-refractivity contribution < 1.29 is 52.3 Å². The van der Waals surface area contributed by atoms with Crippen molar-refractivity contribution in [1.82, 2.24) is 0 Å². The third-order valence-electron chi connectivity index (χ3n) is 0. The summed E-state index contributed by atoms with van der Waals surface area (Å²) >= 11 is 0. The van der Waals surface area contributed by atoms with Crippen molar-refractivity contribution in [3.05, 3.63) is 61.3 Å². The number of rotatable bonds is 0. The minimum absolute atomic E-state index is 0. The molecule has 0 atom stereocenters. The molecule has 0 aliphatic heterocycles. The molecule has 0 unspecified atom stereocenters. The summed E-state index contributed by atoms with van der Waals surface area (Å²) in [5.74, 6) is 0. The molecule has 0 aromatic rings. The monoisotopic (exact) mass is 406 g/mol. The van der Waals surface area contributed by atoms with Crippen LogP contribution in [0.4, 0.5) is 0 Å². The summed E-state index contributed by atoms with van der Waals surface area (Å²) in [5, 5.41) is 59.0. The van der Waals surface area contributed by atoms with Crippen molar-refractivity contribution >= 4 is 60.8 Å². The average Bonchev–Trinajstić information content (AvgIpc) is 1.76. The Balaban J connectivity index is -0.00000000842. The molecular formula is H4CaMgN4O12Zr. The molecule has 0 aliphatic rings. The zero-order valence-corrected chi connectivity index (χ0v) is 14.7. The molecule has 104 valence electrons. The fourth-order valence-corrected chi connectivity index (χ4v) is 0. The van der Waals surface area contributed by atoms with Crippen LogP contribution in [0.1, 0.15) is 5.71 Å². The largest absolute Gasteiger partial charge is 4.00 e. The SMILES string of the molecule is O=[N+]([O-])[O-].O=[N+]([O-])[O-].O=[N+]([O-])[O-].O=[N+]([O-])[O-].[Ca+2].[H-].[H-].[H-].[H-].[Mg+2].[Zr+4]. The predicted octanol–water partition coefficient (Wildman–Crippen LogP) is -1.27. The summed E-state index contributed by atoms with van der Waals surface area (Å²) in [6, 6.07) is 0. The van der Waals surface area contributed by atoms with Gasteiger partial charge in [-0.25, -0.2) is 0 Å². The van der Waals surface area contributed by atoms with E-state index in [-0.39, 0.29) is 92.7 Å². The summed E-state index contributed by atoms with van der Waals surface area (Å²) in [5.41, 5.74) is 0. The van der Waals surface area contributed by atoms with Gasteiger partial charge >= 0.3 is 87.0 Å². The Labute approximate surface area is 173 Å². The average molecular weight is 408 g/mol. The van der Waals surface area contributed by atoms with E-state index in [2.05, 4.69) is 0 Å². The zero-order chi connectivity index (χ0) is 14.3. The van der Waals surface area contributed by atoms with Crippen molar-refractivity contribution in [2.75, 3.05) is 0 Å². The van der Waals surface area contributed by atoms with E-state index in [1.165, 1.54) is 0 Å². The van der Waals surface area contributed by atoms with Gasteiger partial charge in [0.1, 0.15) is 0 Å². The summed E-state index contributed by atoms with van der Waals surface area (Å²) in [6.07, 6.45) is 0. The van der Waals surface area contributed by atoms with Crippen molar-refractivity contribution in [1.29, 1.82) is 0 Å². The van der Waals surface area contributed by atoms with Gasteiger partial charge in [-0.1, -0.05) is 0 Å². The third kappa shape index (κ3) is 51600. The van der Waals surface area contributed by atoms with Gasteiger partial charge in [-0.2, -0.15) is 0 Å². The van der Waals surface area contributed by atoms with Gasteiger partial charge < -0.3 is 67.0 Å². The maximum Gasteiger partial charge on any atom is 4.00 e. The molecule has 16 nitrogen and oxygen atoms in total. The van der Waals surface area contributed by atoms with Gasteiger partial charge in [0.15, 0.2) is 0 Å². The molecule has 0 amide bonds. The van der Waals surface area contributed by atoms with Crippen LogP contribution in [0.2, 0.25) is 0 Å². The molecule has 0 saturated heterocycles. The van der Waals surface area contributed by atoms with Crippen LogP contribution in [0.5, 0.6) is 0 Å². The van der Waals surface area contributed by atoms with Crippen LogP contribution >= 0.6 is 0 Å². The molecule has 0 aliphatic carbocycles. The summed E-state index contributed by atoms with van der Waals surface area (Å²) in [4.78, 5) is 33.0. The summed E-state index contributed by atoms with van der Waals surface area (Å²) < 4.78 is 0. The Morgan fingerprint density at radius 3 is 0.526 bits per heavy atom. The smallest absolute Gasteiger partial charge is 1.00 e. The number of hydrogen-bond acceptors (Lipinski definition) is 12. The van der Waals surface area contributed by atoms with Crippen LogP contribution in [0.25, 0.3) is 0 Å². The minimum atomic E-state index is -1.75. The third-order valence-corrected chi connectivity index (χ3v) is 0. The van der Waals surface area contributed by atoms with Gasteiger partial charge in [0.2, 0.25) is 0 Å². The van der Waals surface area contributed by atoms with Crippen LogP contribution in [-0.4, -0.2) is 81.1 Å². The van der Waals surface area contributed by atoms with Crippen molar-refractivity contribution in [2.45, 2.75) is 0 Å².